The Bertz CT molecular complexity index is 188. The molecular formula is C4H6F2NO3S-. The van der Waals surface area contributed by atoms with Crippen LogP contribution in [0.2, 0.25) is 0 Å². The fourth-order valence-corrected chi connectivity index (χ4v) is 0.923. The first-order valence-corrected chi connectivity index (χ1v) is 3.89. The third-order valence-electron chi connectivity index (χ3n) is 1.30. The van der Waals surface area contributed by atoms with Crippen molar-refractivity contribution in [3.8, 4) is 0 Å². The van der Waals surface area contributed by atoms with Gasteiger partial charge in [-0.15, -0.1) is 0 Å². The molecule has 11 heavy (non-hydrogen) atoms. The summed E-state index contributed by atoms with van der Waals surface area (Å²) in [5.41, 5.74) is 5.02. The monoisotopic (exact) mass is 186 g/mol. The molecule has 0 spiro atoms. The van der Waals surface area contributed by atoms with Crippen LogP contribution in [0.4, 0.5) is 8.78 Å². The molecule has 3 unspecified atom stereocenters. The fourth-order valence-electron chi connectivity index (χ4n) is 0.623. The van der Waals surface area contributed by atoms with Crippen molar-refractivity contribution < 1.29 is 22.3 Å². The Morgan fingerprint density at radius 1 is 1.73 bits per heavy atom. The lowest BCUT2D eigenvalue weighted by Crippen LogP contribution is -2.26. The van der Waals surface area contributed by atoms with Crippen LogP contribution in [0.3, 0.4) is 0 Å². The first-order valence-electron chi connectivity index (χ1n) is 2.82. The molecule has 4 nitrogen and oxygen atoms in total. The summed E-state index contributed by atoms with van der Waals surface area (Å²) in [4.78, 5) is 0. The molecule has 1 heterocycles. The largest absolute Gasteiger partial charge is 0.768 e. The molecule has 0 amide bonds. The van der Waals surface area contributed by atoms with Crippen LogP contribution >= 0.6 is 0 Å². The summed E-state index contributed by atoms with van der Waals surface area (Å²) < 4.78 is 48.6. The molecular weight excluding hydrogens is 180 g/mol. The van der Waals surface area contributed by atoms with E-state index in [1.807, 2.05) is 0 Å². The summed E-state index contributed by atoms with van der Waals surface area (Å²) in [7, 11) is 0. The minimum Gasteiger partial charge on any atom is -0.768 e. The first-order chi connectivity index (χ1) is 4.93. The lowest BCUT2D eigenvalue weighted by Gasteiger charge is -2.17. The number of epoxide rings is 1. The molecule has 1 rings (SSSR count). The summed E-state index contributed by atoms with van der Waals surface area (Å²) in [5.74, 6) is 0. The second kappa shape index (κ2) is 2.74. The van der Waals surface area contributed by atoms with Gasteiger partial charge in [-0.25, -0.2) is 0 Å². The van der Waals surface area contributed by atoms with E-state index in [0.29, 0.717) is 0 Å². The minimum atomic E-state index is -3.72. The van der Waals surface area contributed by atoms with Crippen molar-refractivity contribution in [1.29, 1.82) is 0 Å². The number of ether oxygens (including phenoxy) is 1. The Labute approximate surface area is 64.0 Å². The van der Waals surface area contributed by atoms with Crippen molar-refractivity contribution in [3.63, 3.8) is 0 Å². The van der Waals surface area contributed by atoms with Gasteiger partial charge in [0.05, 0.1) is 6.42 Å². The third-order valence-corrected chi connectivity index (χ3v) is 1.96. The van der Waals surface area contributed by atoms with Crippen LogP contribution < -0.4 is 5.73 Å². The molecule has 0 aliphatic carbocycles. The van der Waals surface area contributed by atoms with Crippen molar-refractivity contribution in [3.05, 3.63) is 0 Å². The zero-order valence-corrected chi connectivity index (χ0v) is 6.14. The maximum absolute atomic E-state index is 12.3. The van der Waals surface area contributed by atoms with Crippen LogP contribution in [-0.4, -0.2) is 26.3 Å². The second-order valence-electron chi connectivity index (χ2n) is 2.22. The molecule has 0 aromatic rings. The van der Waals surface area contributed by atoms with Gasteiger partial charge in [0.25, 0.3) is 0 Å². The van der Waals surface area contributed by atoms with Crippen molar-refractivity contribution >= 4 is 11.1 Å². The Morgan fingerprint density at radius 2 is 2.18 bits per heavy atom. The molecule has 2 N–H and O–H groups in total. The summed E-state index contributed by atoms with van der Waals surface area (Å²) >= 11 is -3.39. The molecule has 1 aliphatic heterocycles. The summed E-state index contributed by atoms with van der Waals surface area (Å²) in [6.07, 6.45) is -2.41. The summed E-state index contributed by atoms with van der Waals surface area (Å²) in [5, 5.41) is -3.72. The van der Waals surface area contributed by atoms with Crippen LogP contribution in [0, 0.1) is 0 Å². The number of alkyl halides is 2. The molecule has 3 atom stereocenters. The van der Waals surface area contributed by atoms with E-state index in [1.54, 1.807) is 0 Å². The van der Waals surface area contributed by atoms with Gasteiger partial charge in [0.15, 0.2) is 0 Å². The highest BCUT2D eigenvalue weighted by Gasteiger charge is 2.45. The molecule has 0 radical (unpaired) electrons. The number of rotatable bonds is 3. The Morgan fingerprint density at radius 3 is 2.45 bits per heavy atom. The molecule has 0 aromatic carbocycles. The zero-order valence-electron chi connectivity index (χ0n) is 5.33. The minimum absolute atomic E-state index is 0.732. The molecule has 0 bridgehead atoms. The van der Waals surface area contributed by atoms with E-state index in [4.69, 9.17) is 5.73 Å². The van der Waals surface area contributed by atoms with Gasteiger partial charge in [-0.3, -0.25) is 4.21 Å². The maximum atomic E-state index is 12.3. The molecule has 0 aromatic heterocycles. The van der Waals surface area contributed by atoms with E-state index in [-0.39, 0.29) is 0 Å². The number of hydrogen-bond donors (Lipinski definition) is 1. The number of hydrogen-bond acceptors (Lipinski definition) is 4. The van der Waals surface area contributed by atoms with Crippen LogP contribution in [0.25, 0.3) is 0 Å². The van der Waals surface area contributed by atoms with E-state index in [9.17, 15) is 17.5 Å². The normalized spacial score (nSPS) is 33.5. The van der Waals surface area contributed by atoms with Gasteiger partial charge in [0.1, 0.15) is 12.3 Å². The fraction of sp³-hybridized carbons (Fsp3) is 1.00. The van der Waals surface area contributed by atoms with E-state index >= 15 is 0 Å². The molecule has 7 heteroatoms. The Hall–Kier alpha value is -0.110. The first kappa shape index (κ1) is 8.98. The van der Waals surface area contributed by atoms with E-state index in [1.165, 1.54) is 0 Å². The lowest BCUT2D eigenvalue weighted by molar-refractivity contribution is 0.0701. The summed E-state index contributed by atoms with van der Waals surface area (Å²) in [6.45, 7) is 0. The Kier molecular flexibility index (Phi) is 2.24. The van der Waals surface area contributed by atoms with Gasteiger partial charge < -0.3 is 15.0 Å². The van der Waals surface area contributed by atoms with Crippen LogP contribution in [0.1, 0.15) is 6.42 Å². The molecule has 66 valence electrons. The number of halogens is 2. The van der Waals surface area contributed by atoms with Crippen LogP contribution in [0.15, 0.2) is 0 Å². The van der Waals surface area contributed by atoms with Crippen LogP contribution in [0.5, 0.6) is 0 Å². The van der Waals surface area contributed by atoms with Gasteiger partial charge >= 0.3 is 5.25 Å². The van der Waals surface area contributed by atoms with Crippen LogP contribution in [-0.2, 0) is 15.8 Å². The highest BCUT2D eigenvalue weighted by atomic mass is 32.2. The highest BCUT2D eigenvalue weighted by Crippen LogP contribution is 2.31. The van der Waals surface area contributed by atoms with E-state index < -0.39 is 35.1 Å². The van der Waals surface area contributed by atoms with Crippen molar-refractivity contribution in [2.24, 2.45) is 5.73 Å². The average molecular weight is 186 g/mol. The zero-order chi connectivity index (χ0) is 8.65. The summed E-state index contributed by atoms with van der Waals surface area (Å²) in [6, 6.07) is 0. The predicted octanol–water partition coefficient (Wildman–Crippen LogP) is -0.468. The van der Waals surface area contributed by atoms with E-state index in [0.717, 1.165) is 0 Å². The quantitative estimate of drug-likeness (QED) is 0.477. The molecule has 1 fully saturated rings. The maximum Gasteiger partial charge on any atom is 0.311 e. The molecule has 1 aliphatic rings. The van der Waals surface area contributed by atoms with Gasteiger partial charge in [-0.2, -0.15) is 8.78 Å². The molecule has 0 saturated carbocycles. The van der Waals surface area contributed by atoms with Gasteiger partial charge in [-0.1, -0.05) is 0 Å². The molecule has 1 saturated heterocycles. The van der Waals surface area contributed by atoms with Crippen molar-refractivity contribution in [2.45, 2.75) is 24.0 Å². The Balaban J connectivity index is 2.40. The third kappa shape index (κ3) is 2.16. The predicted molar refractivity (Wildman–Crippen MR) is 31.3 cm³/mol. The van der Waals surface area contributed by atoms with Gasteiger partial charge in [-0.05, 0) is 0 Å². The smallest absolute Gasteiger partial charge is 0.311 e. The van der Waals surface area contributed by atoms with E-state index in [2.05, 4.69) is 4.74 Å². The SMILES string of the molecule is NC1OC1CC(F)(F)S(=O)[O-]. The van der Waals surface area contributed by atoms with Gasteiger partial charge in [0.2, 0.25) is 0 Å². The average Bonchev–Trinajstić information content (AvgIpc) is 2.45. The lowest BCUT2D eigenvalue weighted by atomic mass is 10.3. The topological polar surface area (TPSA) is 78.7 Å². The van der Waals surface area contributed by atoms with Crippen molar-refractivity contribution in [1.82, 2.24) is 0 Å². The second-order valence-corrected chi connectivity index (χ2v) is 3.28. The number of nitrogens with two attached hydrogens (primary N) is 1. The van der Waals surface area contributed by atoms with Gasteiger partial charge in [0, 0.05) is 11.1 Å². The standard InChI is InChI=1S/C4H7F2NO3S/c5-4(6,11(8)9)1-2-3(7)10-2/h2-3H,1,7H2,(H,8,9)/p-1. The van der Waals surface area contributed by atoms with Crippen molar-refractivity contribution in [2.75, 3.05) is 0 Å². The highest BCUT2D eigenvalue weighted by molar-refractivity contribution is 7.80.